The molecule has 0 spiro atoms. The standard InChI is InChI=1S/C13H20N2O/c1-10-8-11(4-5-12(10)14)15-13(2)6-3-7-16-9-13/h4-5,8,15H,3,6-7,9,14H2,1-2H3. The van der Waals surface area contributed by atoms with Gasteiger partial charge < -0.3 is 15.8 Å². The topological polar surface area (TPSA) is 47.3 Å². The Morgan fingerprint density at radius 1 is 1.44 bits per heavy atom. The number of hydrogen-bond acceptors (Lipinski definition) is 3. The number of hydrogen-bond donors (Lipinski definition) is 2. The number of anilines is 2. The lowest BCUT2D eigenvalue weighted by Crippen LogP contribution is -2.43. The van der Waals surface area contributed by atoms with Crippen molar-refractivity contribution in [1.82, 2.24) is 0 Å². The molecule has 0 bridgehead atoms. The number of nitrogens with one attached hydrogen (secondary N) is 1. The lowest BCUT2D eigenvalue weighted by molar-refractivity contribution is 0.0540. The Hall–Kier alpha value is -1.22. The maximum absolute atomic E-state index is 5.80. The van der Waals surface area contributed by atoms with Crippen molar-refractivity contribution in [3.8, 4) is 0 Å². The summed E-state index contributed by atoms with van der Waals surface area (Å²) in [6.07, 6.45) is 2.27. The molecule has 0 aliphatic carbocycles. The molecule has 1 aromatic carbocycles. The molecule has 1 heterocycles. The monoisotopic (exact) mass is 220 g/mol. The first-order valence-corrected chi connectivity index (χ1v) is 5.81. The Morgan fingerprint density at radius 3 is 2.88 bits per heavy atom. The maximum atomic E-state index is 5.80. The highest BCUT2D eigenvalue weighted by atomic mass is 16.5. The van der Waals surface area contributed by atoms with Crippen LogP contribution in [0.1, 0.15) is 25.3 Å². The van der Waals surface area contributed by atoms with Crippen LogP contribution in [-0.2, 0) is 4.74 Å². The van der Waals surface area contributed by atoms with E-state index < -0.39 is 0 Å². The van der Waals surface area contributed by atoms with Crippen LogP contribution in [0.2, 0.25) is 0 Å². The summed E-state index contributed by atoms with van der Waals surface area (Å²) in [6.45, 7) is 5.90. The summed E-state index contributed by atoms with van der Waals surface area (Å²) in [4.78, 5) is 0. The zero-order valence-corrected chi connectivity index (χ0v) is 10.0. The first kappa shape index (κ1) is 11.3. The van der Waals surface area contributed by atoms with E-state index in [1.54, 1.807) is 0 Å². The predicted octanol–water partition coefficient (Wildman–Crippen LogP) is 2.56. The molecule has 1 aliphatic heterocycles. The minimum Gasteiger partial charge on any atom is -0.399 e. The van der Waals surface area contributed by atoms with Gasteiger partial charge >= 0.3 is 0 Å². The van der Waals surface area contributed by atoms with Crippen LogP contribution in [0.25, 0.3) is 0 Å². The Kier molecular flexibility index (Phi) is 3.06. The molecule has 3 nitrogen and oxygen atoms in total. The number of nitrogen functional groups attached to an aromatic ring is 1. The molecule has 0 aromatic heterocycles. The van der Waals surface area contributed by atoms with E-state index in [1.807, 2.05) is 19.1 Å². The third kappa shape index (κ3) is 2.47. The van der Waals surface area contributed by atoms with Crippen LogP contribution in [0.4, 0.5) is 11.4 Å². The molecule has 3 heteroatoms. The minimum absolute atomic E-state index is 0.0564. The summed E-state index contributed by atoms with van der Waals surface area (Å²) in [6, 6.07) is 6.07. The Balaban J connectivity index is 2.10. The van der Waals surface area contributed by atoms with Crippen LogP contribution in [0.15, 0.2) is 18.2 Å². The molecule has 1 unspecified atom stereocenters. The van der Waals surface area contributed by atoms with E-state index in [1.165, 1.54) is 0 Å². The number of benzene rings is 1. The molecule has 1 saturated heterocycles. The van der Waals surface area contributed by atoms with Gasteiger partial charge in [0.25, 0.3) is 0 Å². The second kappa shape index (κ2) is 4.34. The molecule has 0 radical (unpaired) electrons. The van der Waals surface area contributed by atoms with E-state index >= 15 is 0 Å². The minimum atomic E-state index is 0.0564. The SMILES string of the molecule is Cc1cc(NC2(C)CCCOC2)ccc1N. The van der Waals surface area contributed by atoms with Crippen molar-refractivity contribution >= 4 is 11.4 Å². The molecular formula is C13H20N2O. The number of ether oxygens (including phenoxy) is 1. The first-order valence-electron chi connectivity index (χ1n) is 5.81. The molecule has 1 atom stereocenters. The number of rotatable bonds is 2. The molecule has 1 aromatic rings. The van der Waals surface area contributed by atoms with Gasteiger partial charge in [0.05, 0.1) is 12.1 Å². The van der Waals surface area contributed by atoms with E-state index in [-0.39, 0.29) is 5.54 Å². The molecule has 88 valence electrons. The molecule has 3 N–H and O–H groups in total. The van der Waals surface area contributed by atoms with Crippen molar-refractivity contribution in [2.45, 2.75) is 32.2 Å². The van der Waals surface area contributed by atoms with Crippen LogP contribution in [-0.4, -0.2) is 18.8 Å². The van der Waals surface area contributed by atoms with Crippen LogP contribution < -0.4 is 11.1 Å². The van der Waals surface area contributed by atoms with Crippen LogP contribution in [0.3, 0.4) is 0 Å². The van der Waals surface area contributed by atoms with Crippen LogP contribution >= 0.6 is 0 Å². The van der Waals surface area contributed by atoms with Gasteiger partial charge in [-0.15, -0.1) is 0 Å². The predicted molar refractivity (Wildman–Crippen MR) is 67.7 cm³/mol. The number of aryl methyl sites for hydroxylation is 1. The molecule has 0 saturated carbocycles. The summed E-state index contributed by atoms with van der Waals surface area (Å²) < 4.78 is 5.52. The second-order valence-corrected chi connectivity index (χ2v) is 4.91. The average molecular weight is 220 g/mol. The summed E-state index contributed by atoms with van der Waals surface area (Å²) in [5.74, 6) is 0. The first-order chi connectivity index (χ1) is 7.59. The smallest absolute Gasteiger partial charge is 0.0693 e. The second-order valence-electron chi connectivity index (χ2n) is 4.91. The van der Waals surface area contributed by atoms with Crippen molar-refractivity contribution in [2.75, 3.05) is 24.3 Å². The van der Waals surface area contributed by atoms with Gasteiger partial charge in [0.15, 0.2) is 0 Å². The highest BCUT2D eigenvalue weighted by Gasteiger charge is 2.27. The molecule has 0 amide bonds. The maximum Gasteiger partial charge on any atom is 0.0693 e. The van der Waals surface area contributed by atoms with E-state index in [0.717, 1.165) is 43.0 Å². The quantitative estimate of drug-likeness (QED) is 0.753. The fraction of sp³-hybridized carbons (Fsp3) is 0.538. The summed E-state index contributed by atoms with van der Waals surface area (Å²) in [7, 11) is 0. The molecule has 16 heavy (non-hydrogen) atoms. The fourth-order valence-corrected chi connectivity index (χ4v) is 2.13. The van der Waals surface area contributed by atoms with Crippen LogP contribution in [0.5, 0.6) is 0 Å². The zero-order chi connectivity index (χ0) is 11.6. The van der Waals surface area contributed by atoms with Gasteiger partial charge in [0, 0.05) is 18.0 Å². The molecule has 1 fully saturated rings. The van der Waals surface area contributed by atoms with E-state index in [0.29, 0.717) is 0 Å². The zero-order valence-electron chi connectivity index (χ0n) is 10.0. The molecule has 2 rings (SSSR count). The van der Waals surface area contributed by atoms with Gasteiger partial charge in [-0.2, -0.15) is 0 Å². The largest absolute Gasteiger partial charge is 0.399 e. The van der Waals surface area contributed by atoms with Gasteiger partial charge in [0.2, 0.25) is 0 Å². The van der Waals surface area contributed by atoms with Crippen molar-refractivity contribution in [3.05, 3.63) is 23.8 Å². The van der Waals surface area contributed by atoms with Crippen LogP contribution in [0, 0.1) is 6.92 Å². The number of nitrogens with two attached hydrogens (primary N) is 1. The van der Waals surface area contributed by atoms with E-state index in [2.05, 4.69) is 18.3 Å². The summed E-state index contributed by atoms with van der Waals surface area (Å²) >= 11 is 0. The average Bonchev–Trinajstić information content (AvgIpc) is 2.24. The fourth-order valence-electron chi connectivity index (χ4n) is 2.13. The third-order valence-electron chi connectivity index (χ3n) is 3.15. The van der Waals surface area contributed by atoms with Gasteiger partial charge in [-0.1, -0.05) is 0 Å². The van der Waals surface area contributed by atoms with E-state index in [9.17, 15) is 0 Å². The lowest BCUT2D eigenvalue weighted by Gasteiger charge is -2.35. The van der Waals surface area contributed by atoms with Gasteiger partial charge in [-0.05, 0) is 50.5 Å². The van der Waals surface area contributed by atoms with Crippen molar-refractivity contribution in [1.29, 1.82) is 0 Å². The van der Waals surface area contributed by atoms with E-state index in [4.69, 9.17) is 10.5 Å². The third-order valence-corrected chi connectivity index (χ3v) is 3.15. The molecule has 1 aliphatic rings. The highest BCUT2D eigenvalue weighted by Crippen LogP contribution is 2.25. The van der Waals surface area contributed by atoms with Crippen molar-refractivity contribution in [3.63, 3.8) is 0 Å². The molecular weight excluding hydrogens is 200 g/mol. The Morgan fingerprint density at radius 2 is 2.25 bits per heavy atom. The lowest BCUT2D eigenvalue weighted by atomic mass is 9.94. The van der Waals surface area contributed by atoms with Gasteiger partial charge in [-0.3, -0.25) is 0 Å². The normalized spacial score (nSPS) is 25.4. The highest BCUT2D eigenvalue weighted by molar-refractivity contribution is 5.57. The van der Waals surface area contributed by atoms with Crippen molar-refractivity contribution in [2.24, 2.45) is 0 Å². The Labute approximate surface area is 97.0 Å². The Bertz CT molecular complexity index is 370. The van der Waals surface area contributed by atoms with Gasteiger partial charge in [0.1, 0.15) is 0 Å². The van der Waals surface area contributed by atoms with Crippen molar-refractivity contribution < 1.29 is 4.74 Å². The van der Waals surface area contributed by atoms with Gasteiger partial charge in [-0.25, -0.2) is 0 Å². The summed E-state index contributed by atoms with van der Waals surface area (Å²) in [5.41, 5.74) is 8.94. The summed E-state index contributed by atoms with van der Waals surface area (Å²) in [5, 5.41) is 3.54.